The molecule has 33 heavy (non-hydrogen) atoms. The van der Waals surface area contributed by atoms with Crippen LogP contribution in [-0.4, -0.2) is 13.9 Å². The summed E-state index contributed by atoms with van der Waals surface area (Å²) in [6.07, 6.45) is 8.06. The maximum atomic E-state index is 6.50. The minimum absolute atomic E-state index is 0.204. The van der Waals surface area contributed by atoms with Gasteiger partial charge in [0.25, 0.3) is 0 Å². The van der Waals surface area contributed by atoms with E-state index in [1.165, 1.54) is 74.7 Å². The second-order valence-corrected chi connectivity index (χ2v) is 13.7. The Balaban J connectivity index is 1.58. The van der Waals surface area contributed by atoms with Crippen LogP contribution in [0, 0.1) is 23.7 Å². The number of thiophene rings is 1. The quantitative estimate of drug-likeness (QED) is 0.310. The van der Waals surface area contributed by atoms with Crippen molar-refractivity contribution in [1.29, 1.82) is 0 Å². The average Bonchev–Trinajstić information content (AvgIpc) is 3.06. The number of fused-ring (bicyclic) bond motifs is 1. The molecule has 4 heteroatoms. The van der Waals surface area contributed by atoms with E-state index in [0.29, 0.717) is 10.8 Å². The van der Waals surface area contributed by atoms with E-state index in [0.717, 1.165) is 11.7 Å². The highest BCUT2D eigenvalue weighted by Gasteiger charge is 2.61. The average molecular weight is 526 g/mol. The first-order valence-electron chi connectivity index (χ1n) is 12.2. The molecule has 2 unspecified atom stereocenters. The van der Waals surface area contributed by atoms with Crippen LogP contribution < -0.4 is 4.74 Å². The van der Waals surface area contributed by atoms with Gasteiger partial charge in [0.2, 0.25) is 0 Å². The third-order valence-corrected chi connectivity index (χ3v) is 10.8. The molecule has 0 radical (unpaired) electrons. The molecule has 0 N–H and O–H groups in total. The molecular weight excluding hydrogens is 492 g/mol. The monoisotopic (exact) mass is 524 g/mol. The molecule has 174 valence electrons. The van der Waals surface area contributed by atoms with Crippen molar-refractivity contribution >= 4 is 37.4 Å². The molecule has 4 saturated carbocycles. The summed E-state index contributed by atoms with van der Waals surface area (Å²) in [5, 5.41) is 1.27. The van der Waals surface area contributed by atoms with Crippen LogP contribution in [0.25, 0.3) is 20.5 Å². The fraction of sp³-hybridized carbons (Fsp3) is 0.517. The van der Waals surface area contributed by atoms with Gasteiger partial charge in [0, 0.05) is 38.2 Å². The summed E-state index contributed by atoms with van der Waals surface area (Å²) in [5.41, 5.74) is 5.07. The highest BCUT2D eigenvalue weighted by atomic mass is 79.9. The molecule has 4 bridgehead atoms. The van der Waals surface area contributed by atoms with Gasteiger partial charge in [-0.05, 0) is 95.8 Å². The van der Waals surface area contributed by atoms with Gasteiger partial charge in [-0.3, -0.25) is 0 Å². The lowest BCUT2D eigenvalue weighted by Crippen LogP contribution is -2.56. The standard InChI is InChI=1S/C29H33BrO2S/c1-18-9-21(26-24(30)20-7-5-6-8-23(20)33-26)25(32-17-31-4)22(10-18)29-13-19-11-27(2,15-29)14-28(3,12-19)16-29/h5-10,19H,11-17H2,1-4H3/t19?,27-,28+,29?. The highest BCUT2D eigenvalue weighted by molar-refractivity contribution is 9.10. The van der Waals surface area contributed by atoms with Crippen LogP contribution in [0.1, 0.15) is 63.5 Å². The van der Waals surface area contributed by atoms with Crippen LogP contribution in [0.2, 0.25) is 0 Å². The Morgan fingerprint density at radius 1 is 1.03 bits per heavy atom. The van der Waals surface area contributed by atoms with E-state index in [4.69, 9.17) is 9.47 Å². The Bertz CT molecular complexity index is 1230. The Labute approximate surface area is 209 Å². The van der Waals surface area contributed by atoms with E-state index in [1.54, 1.807) is 7.11 Å². The lowest BCUT2D eigenvalue weighted by molar-refractivity contribution is -0.110. The predicted molar refractivity (Wildman–Crippen MR) is 141 cm³/mol. The second-order valence-electron chi connectivity index (χ2n) is 11.9. The molecule has 3 aromatic rings. The van der Waals surface area contributed by atoms with Crippen molar-refractivity contribution < 1.29 is 9.47 Å². The van der Waals surface area contributed by atoms with E-state index < -0.39 is 0 Å². The van der Waals surface area contributed by atoms with Gasteiger partial charge in [-0.25, -0.2) is 0 Å². The predicted octanol–water partition coefficient (Wildman–Crippen LogP) is 8.87. The number of halogens is 1. The number of benzene rings is 2. The molecule has 0 spiro atoms. The van der Waals surface area contributed by atoms with Crippen LogP contribution in [0.4, 0.5) is 0 Å². The summed E-state index contributed by atoms with van der Waals surface area (Å²) < 4.78 is 14.4. The maximum absolute atomic E-state index is 6.50. The largest absolute Gasteiger partial charge is 0.467 e. The number of methoxy groups -OCH3 is 1. The van der Waals surface area contributed by atoms with E-state index >= 15 is 0 Å². The van der Waals surface area contributed by atoms with Gasteiger partial charge in [0.15, 0.2) is 6.79 Å². The zero-order chi connectivity index (χ0) is 23.0. The van der Waals surface area contributed by atoms with Gasteiger partial charge in [-0.2, -0.15) is 0 Å². The zero-order valence-corrected chi connectivity index (χ0v) is 22.5. The van der Waals surface area contributed by atoms with E-state index in [2.05, 4.69) is 73.1 Å². The molecule has 7 rings (SSSR count). The molecule has 1 heterocycles. The van der Waals surface area contributed by atoms with Crippen molar-refractivity contribution in [3.05, 3.63) is 52.0 Å². The Hall–Kier alpha value is -1.36. The van der Waals surface area contributed by atoms with Crippen LogP contribution in [0.3, 0.4) is 0 Å². The summed E-state index contributed by atoms with van der Waals surface area (Å²) in [6.45, 7) is 7.64. The molecule has 4 fully saturated rings. The first-order valence-corrected chi connectivity index (χ1v) is 13.8. The Morgan fingerprint density at radius 2 is 1.76 bits per heavy atom. The van der Waals surface area contributed by atoms with Crippen LogP contribution in [0.5, 0.6) is 5.75 Å². The normalized spacial score (nSPS) is 32.6. The lowest BCUT2D eigenvalue weighted by atomic mass is 9.39. The minimum Gasteiger partial charge on any atom is -0.467 e. The van der Waals surface area contributed by atoms with E-state index in [1.807, 2.05) is 11.3 Å². The first-order chi connectivity index (χ1) is 15.7. The van der Waals surface area contributed by atoms with Crippen molar-refractivity contribution in [3.63, 3.8) is 0 Å². The van der Waals surface area contributed by atoms with E-state index in [9.17, 15) is 0 Å². The molecule has 2 aromatic carbocycles. The zero-order valence-electron chi connectivity index (χ0n) is 20.1. The van der Waals surface area contributed by atoms with Gasteiger partial charge < -0.3 is 9.47 Å². The van der Waals surface area contributed by atoms with Crippen LogP contribution >= 0.6 is 27.3 Å². The molecule has 0 aliphatic heterocycles. The highest BCUT2D eigenvalue weighted by Crippen LogP contribution is 2.71. The molecule has 0 saturated heterocycles. The third kappa shape index (κ3) is 3.51. The molecule has 0 amide bonds. The molecule has 4 aliphatic rings. The third-order valence-electron chi connectivity index (χ3n) is 8.53. The maximum Gasteiger partial charge on any atom is 0.188 e. The summed E-state index contributed by atoms with van der Waals surface area (Å²) in [4.78, 5) is 1.26. The fourth-order valence-corrected chi connectivity index (χ4v) is 10.6. The summed E-state index contributed by atoms with van der Waals surface area (Å²) >= 11 is 5.79. The number of ether oxygens (including phenoxy) is 2. The SMILES string of the molecule is COCOc1c(-c2sc3ccccc3c2Br)cc(C)cc1C12CC3C[C@@](C)(C1)C[C@](C)(C3)C2. The van der Waals surface area contributed by atoms with Crippen LogP contribution in [0.15, 0.2) is 40.9 Å². The number of hydrogen-bond acceptors (Lipinski definition) is 3. The second kappa shape index (κ2) is 7.57. The smallest absolute Gasteiger partial charge is 0.188 e. The lowest BCUT2D eigenvalue weighted by Gasteiger charge is -2.65. The van der Waals surface area contributed by atoms with Crippen molar-refractivity contribution in [2.24, 2.45) is 16.7 Å². The van der Waals surface area contributed by atoms with Gasteiger partial charge in [-0.1, -0.05) is 38.1 Å². The Kier molecular flexibility index (Phi) is 5.07. The van der Waals surface area contributed by atoms with Gasteiger partial charge in [0.1, 0.15) is 5.75 Å². The van der Waals surface area contributed by atoms with Crippen molar-refractivity contribution in [1.82, 2.24) is 0 Å². The van der Waals surface area contributed by atoms with Gasteiger partial charge in [-0.15, -0.1) is 11.3 Å². The fourth-order valence-electron chi connectivity index (χ4n) is 8.54. The van der Waals surface area contributed by atoms with Crippen molar-refractivity contribution in [2.45, 2.75) is 64.7 Å². The molecule has 4 aliphatic carbocycles. The molecule has 1 aromatic heterocycles. The summed E-state index contributed by atoms with van der Waals surface area (Å²) in [5.74, 6) is 1.88. The summed E-state index contributed by atoms with van der Waals surface area (Å²) in [6, 6.07) is 13.4. The minimum atomic E-state index is 0.204. The Morgan fingerprint density at radius 3 is 2.42 bits per heavy atom. The van der Waals surface area contributed by atoms with Crippen molar-refractivity contribution in [3.8, 4) is 16.2 Å². The molecule has 4 atom stereocenters. The molecular formula is C29H33BrO2S. The number of hydrogen-bond donors (Lipinski definition) is 0. The van der Waals surface area contributed by atoms with Gasteiger partial charge in [0.05, 0.1) is 4.88 Å². The number of aryl methyl sites for hydroxylation is 1. The topological polar surface area (TPSA) is 18.5 Å². The van der Waals surface area contributed by atoms with Gasteiger partial charge >= 0.3 is 0 Å². The van der Waals surface area contributed by atoms with Crippen LogP contribution in [-0.2, 0) is 10.2 Å². The van der Waals surface area contributed by atoms with E-state index in [-0.39, 0.29) is 12.2 Å². The first kappa shape index (κ1) is 22.1. The van der Waals surface area contributed by atoms with Crippen molar-refractivity contribution in [2.75, 3.05) is 13.9 Å². The summed E-state index contributed by atoms with van der Waals surface area (Å²) in [7, 11) is 1.72. The number of rotatable bonds is 5. The molecule has 2 nitrogen and oxygen atoms in total.